The third kappa shape index (κ3) is 2.99. The summed E-state index contributed by atoms with van der Waals surface area (Å²) in [6, 6.07) is 0. The first-order chi connectivity index (χ1) is 5.23. The Bertz CT molecular complexity index is 152. The minimum Gasteiger partial charge on any atom is -0.390 e. The molecular formula is C6H15B2FO2S. The number of methoxy groups -OCH3 is 1. The fourth-order valence-electron chi connectivity index (χ4n) is 0.645. The van der Waals surface area contributed by atoms with E-state index in [1.54, 1.807) is 22.6 Å². The van der Waals surface area contributed by atoms with Gasteiger partial charge in [0, 0.05) is 7.11 Å². The molecule has 12 heavy (non-hydrogen) atoms. The zero-order chi connectivity index (χ0) is 9.99. The lowest BCUT2D eigenvalue weighted by Crippen LogP contribution is -2.54. The third-order valence-corrected chi connectivity index (χ3v) is 2.08. The normalized spacial score (nSPS) is 20.1. The maximum atomic E-state index is 13.7. The summed E-state index contributed by atoms with van der Waals surface area (Å²) in [5, 5.41) is -0.968. The molecule has 0 heterocycles. The second kappa shape index (κ2) is 4.03. The van der Waals surface area contributed by atoms with Crippen LogP contribution in [-0.4, -0.2) is 39.5 Å². The van der Waals surface area contributed by atoms with Crippen molar-refractivity contribution in [1.82, 2.24) is 0 Å². The average Bonchev–Trinajstić information content (AvgIpc) is 1.84. The highest BCUT2D eigenvalue weighted by Gasteiger charge is 2.43. The average molecular weight is 192 g/mol. The van der Waals surface area contributed by atoms with E-state index < -0.39 is 16.7 Å². The highest BCUT2D eigenvalue weighted by Crippen LogP contribution is 2.27. The van der Waals surface area contributed by atoms with Crippen LogP contribution in [0, 0.1) is 0 Å². The molecule has 2 nitrogen and oxygen atoms in total. The second-order valence-corrected chi connectivity index (χ2v) is 4.08. The summed E-state index contributed by atoms with van der Waals surface area (Å²) in [5.41, 5.74) is -0.450. The van der Waals surface area contributed by atoms with E-state index in [-0.39, 0.29) is 0 Å². The van der Waals surface area contributed by atoms with Gasteiger partial charge in [-0.1, -0.05) is 0 Å². The Morgan fingerprint density at radius 1 is 1.50 bits per heavy atom. The van der Waals surface area contributed by atoms with Gasteiger partial charge in [-0.25, -0.2) is 4.39 Å². The van der Waals surface area contributed by atoms with Crippen LogP contribution in [-0.2, 0) is 9.47 Å². The van der Waals surface area contributed by atoms with Gasteiger partial charge in [-0.05, 0) is 13.8 Å². The van der Waals surface area contributed by atoms with Gasteiger partial charge < -0.3 is 9.47 Å². The van der Waals surface area contributed by atoms with Gasteiger partial charge >= 0.3 is 0 Å². The summed E-state index contributed by atoms with van der Waals surface area (Å²) in [6.45, 7) is 3.00. The topological polar surface area (TPSA) is 18.5 Å². The van der Waals surface area contributed by atoms with E-state index in [4.69, 9.17) is 9.47 Å². The van der Waals surface area contributed by atoms with Crippen LogP contribution in [0.4, 0.5) is 4.39 Å². The van der Waals surface area contributed by atoms with E-state index >= 15 is 0 Å². The van der Waals surface area contributed by atoms with Crippen LogP contribution in [0.15, 0.2) is 0 Å². The molecule has 0 spiro atoms. The molecule has 2 atom stereocenters. The van der Waals surface area contributed by atoms with Gasteiger partial charge in [0.2, 0.25) is 5.85 Å². The Balaban J connectivity index is 4.37. The number of ether oxygens (including phenoxy) is 2. The van der Waals surface area contributed by atoms with Crippen molar-refractivity contribution in [2.75, 3.05) is 7.11 Å². The van der Waals surface area contributed by atoms with E-state index in [1.807, 2.05) is 0 Å². The fourth-order valence-corrected chi connectivity index (χ4v) is 0.842. The summed E-state index contributed by atoms with van der Waals surface area (Å²) in [5.74, 6) is -1.83. The summed E-state index contributed by atoms with van der Waals surface area (Å²) >= 11 is 3.94. The molecule has 0 saturated heterocycles. The van der Waals surface area contributed by atoms with Crippen LogP contribution in [0.25, 0.3) is 0 Å². The lowest BCUT2D eigenvalue weighted by molar-refractivity contribution is -0.198. The van der Waals surface area contributed by atoms with Crippen LogP contribution < -0.4 is 0 Å². The Hall–Kier alpha value is 0.330. The summed E-state index contributed by atoms with van der Waals surface area (Å²) in [7, 11) is 4.71. The van der Waals surface area contributed by atoms with Crippen molar-refractivity contribution < 1.29 is 13.9 Å². The molecular weight excluding hydrogens is 177 g/mol. The lowest BCUT2D eigenvalue weighted by atomic mass is 9.61. The van der Waals surface area contributed by atoms with E-state index in [0.717, 1.165) is 0 Å². The Morgan fingerprint density at radius 2 is 1.92 bits per heavy atom. The maximum Gasteiger partial charge on any atom is 0.220 e. The molecule has 0 aliphatic carbocycles. The first kappa shape index (κ1) is 12.3. The van der Waals surface area contributed by atoms with Crippen LogP contribution in [0.3, 0.4) is 0 Å². The largest absolute Gasteiger partial charge is 0.390 e. The first-order valence-corrected chi connectivity index (χ1v) is 4.34. The van der Waals surface area contributed by atoms with Crippen molar-refractivity contribution in [3.63, 3.8) is 0 Å². The van der Waals surface area contributed by atoms with Gasteiger partial charge in [0.05, 0.1) is 5.40 Å². The summed E-state index contributed by atoms with van der Waals surface area (Å²) in [4.78, 5) is 0. The highest BCUT2D eigenvalue weighted by molar-refractivity contribution is 7.80. The Kier molecular flexibility index (Phi) is 4.14. The molecule has 0 N–H and O–H groups in total. The highest BCUT2D eigenvalue weighted by atomic mass is 32.1. The van der Waals surface area contributed by atoms with Gasteiger partial charge in [-0.2, -0.15) is 0 Å². The van der Waals surface area contributed by atoms with Crippen molar-refractivity contribution in [3.8, 4) is 0 Å². The van der Waals surface area contributed by atoms with Crippen LogP contribution in [0.5, 0.6) is 0 Å². The van der Waals surface area contributed by atoms with Crippen molar-refractivity contribution in [1.29, 1.82) is 0 Å². The van der Waals surface area contributed by atoms with Crippen molar-refractivity contribution in [3.05, 3.63) is 0 Å². The first-order valence-electron chi connectivity index (χ1n) is 3.83. The van der Waals surface area contributed by atoms with E-state index in [1.165, 1.54) is 14.0 Å². The zero-order valence-electron chi connectivity index (χ0n) is 8.22. The van der Waals surface area contributed by atoms with Gasteiger partial charge in [0.25, 0.3) is 0 Å². The predicted molar refractivity (Wildman–Crippen MR) is 55.9 cm³/mol. The monoisotopic (exact) mass is 192 g/mol. The smallest absolute Gasteiger partial charge is 0.220 e. The molecule has 0 amide bonds. The van der Waals surface area contributed by atoms with Gasteiger partial charge in [0.1, 0.15) is 21.1 Å². The molecule has 0 aromatic carbocycles. The Labute approximate surface area is 80.4 Å². The molecule has 0 fully saturated rings. The molecule has 0 radical (unpaired) electrons. The molecule has 0 aromatic rings. The van der Waals surface area contributed by atoms with Crippen LogP contribution in [0.1, 0.15) is 13.8 Å². The van der Waals surface area contributed by atoms with Crippen LogP contribution in [0.2, 0.25) is 0 Å². The third-order valence-electron chi connectivity index (χ3n) is 1.98. The molecule has 0 aliphatic heterocycles. The molecule has 0 saturated carbocycles. The SMILES string of the molecule is BC(B)(OC)[C@@](C)(F)OC(C)S. The number of hydrogen-bond acceptors (Lipinski definition) is 3. The van der Waals surface area contributed by atoms with Gasteiger partial charge in [0.15, 0.2) is 0 Å². The van der Waals surface area contributed by atoms with E-state index in [0.29, 0.717) is 0 Å². The molecule has 0 aliphatic rings. The molecule has 0 bridgehead atoms. The second-order valence-electron chi connectivity index (χ2n) is 3.35. The maximum absolute atomic E-state index is 13.7. The standard InChI is InChI=1S/C6H15B2FO2S/c1-4(12)11-5(2,9)6(7,8)10-3/h4,12H,7-8H2,1-3H3/t4?,5-/m0/s1. The van der Waals surface area contributed by atoms with Crippen LogP contribution >= 0.6 is 12.6 Å². The molecule has 0 rings (SSSR count). The minimum absolute atomic E-state index is 0.450. The molecule has 70 valence electrons. The number of alkyl halides is 1. The molecule has 1 unspecified atom stereocenters. The fraction of sp³-hybridized carbons (Fsp3) is 1.00. The van der Waals surface area contributed by atoms with Crippen molar-refractivity contribution >= 4 is 28.3 Å². The summed E-state index contributed by atoms with van der Waals surface area (Å²) in [6.07, 6.45) is 0. The minimum atomic E-state index is -1.83. The molecule has 0 aromatic heterocycles. The number of halogens is 1. The number of hydrogen-bond donors (Lipinski definition) is 1. The van der Waals surface area contributed by atoms with Gasteiger partial charge in [-0.3, -0.25) is 0 Å². The van der Waals surface area contributed by atoms with Crippen molar-refractivity contribution in [2.45, 2.75) is 30.5 Å². The number of rotatable bonds is 4. The van der Waals surface area contributed by atoms with Gasteiger partial charge in [-0.15, -0.1) is 12.6 Å². The molecule has 6 heteroatoms. The zero-order valence-corrected chi connectivity index (χ0v) is 9.11. The quantitative estimate of drug-likeness (QED) is 0.368. The predicted octanol–water partition coefficient (Wildman–Crippen LogP) is -0.469. The van der Waals surface area contributed by atoms with E-state index in [2.05, 4.69) is 12.6 Å². The number of thiol groups is 1. The summed E-state index contributed by atoms with van der Waals surface area (Å²) < 4.78 is 23.7. The van der Waals surface area contributed by atoms with E-state index in [9.17, 15) is 4.39 Å². The lowest BCUT2D eigenvalue weighted by Gasteiger charge is -2.37. The Morgan fingerprint density at radius 3 is 2.17 bits per heavy atom. The van der Waals surface area contributed by atoms with Crippen molar-refractivity contribution in [2.24, 2.45) is 0 Å².